The lowest BCUT2D eigenvalue weighted by atomic mass is 9.94. The molecule has 2 aliphatic rings. The number of rotatable bonds is 1. The molecule has 1 N–H and O–H groups in total. The Morgan fingerprint density at radius 2 is 1.87 bits per heavy atom. The average Bonchev–Trinajstić information content (AvgIpc) is 2.75. The van der Waals surface area contributed by atoms with Crippen LogP contribution in [0.3, 0.4) is 0 Å². The molecule has 0 aromatic heterocycles. The molecule has 0 unspecified atom stereocenters. The number of nitrogens with one attached hydrogen (secondary N) is 1. The molecule has 0 radical (unpaired) electrons. The number of fused-ring (bicyclic) bond motifs is 1. The van der Waals surface area contributed by atoms with Crippen molar-refractivity contribution in [2.45, 2.75) is 24.9 Å². The molecule has 1 atom stereocenters. The first-order valence-electron chi connectivity index (χ1n) is 5.97. The first-order valence-corrected chi connectivity index (χ1v) is 5.97. The highest BCUT2D eigenvalue weighted by atomic mass is 15.4. The Balaban J connectivity index is 2.00. The van der Waals surface area contributed by atoms with Gasteiger partial charge in [-0.2, -0.15) is 0 Å². The second kappa shape index (κ2) is 3.62. The quantitative estimate of drug-likeness (QED) is 0.748. The van der Waals surface area contributed by atoms with Gasteiger partial charge in [-0.05, 0) is 31.4 Å². The van der Waals surface area contributed by atoms with E-state index in [0.717, 1.165) is 6.54 Å². The zero-order valence-corrected chi connectivity index (χ0v) is 9.08. The number of nitrogens with zero attached hydrogens (tertiary/aromatic N) is 1. The second-order valence-electron chi connectivity index (χ2n) is 4.60. The molecule has 2 heterocycles. The van der Waals surface area contributed by atoms with E-state index in [4.69, 9.17) is 0 Å². The molecule has 2 heteroatoms. The third-order valence-electron chi connectivity index (χ3n) is 3.78. The largest absolute Gasteiger partial charge is 0.295 e. The third-order valence-corrected chi connectivity index (χ3v) is 3.78. The highest BCUT2D eigenvalue weighted by Crippen LogP contribution is 2.37. The Labute approximate surface area is 91.3 Å². The van der Waals surface area contributed by atoms with E-state index in [1.807, 2.05) is 0 Å². The van der Waals surface area contributed by atoms with E-state index < -0.39 is 0 Å². The Hall–Kier alpha value is -0.860. The lowest BCUT2D eigenvalue weighted by Crippen LogP contribution is -2.56. The molecule has 0 saturated carbocycles. The lowest BCUT2D eigenvalue weighted by molar-refractivity contribution is 0.0657. The van der Waals surface area contributed by atoms with Crippen LogP contribution in [0, 0.1) is 0 Å². The lowest BCUT2D eigenvalue weighted by Gasteiger charge is -2.43. The van der Waals surface area contributed by atoms with Crippen LogP contribution < -0.4 is 5.32 Å². The summed E-state index contributed by atoms with van der Waals surface area (Å²) in [4.78, 5) is 2.62. The molecule has 2 saturated heterocycles. The van der Waals surface area contributed by atoms with Gasteiger partial charge in [0.1, 0.15) is 0 Å². The van der Waals surface area contributed by atoms with Gasteiger partial charge in [0.2, 0.25) is 0 Å². The van der Waals surface area contributed by atoms with E-state index in [-0.39, 0.29) is 5.66 Å². The summed E-state index contributed by atoms with van der Waals surface area (Å²) >= 11 is 0. The number of hydrogen-bond donors (Lipinski definition) is 1. The summed E-state index contributed by atoms with van der Waals surface area (Å²) < 4.78 is 0. The Morgan fingerprint density at radius 3 is 2.73 bits per heavy atom. The molecule has 80 valence electrons. The molecule has 0 amide bonds. The molecule has 1 aromatic carbocycles. The van der Waals surface area contributed by atoms with Crippen molar-refractivity contribution in [3.63, 3.8) is 0 Å². The summed E-state index contributed by atoms with van der Waals surface area (Å²) in [6.07, 6.45) is 3.87. The van der Waals surface area contributed by atoms with Gasteiger partial charge in [-0.3, -0.25) is 10.2 Å². The van der Waals surface area contributed by atoms with Gasteiger partial charge in [0.05, 0.1) is 5.66 Å². The standard InChI is InChI=1S/C13H18N2/c1-2-6-12(7-3-1)13-8-4-10-15(13)11-5-9-14-13/h1-3,6-7,14H,4-5,8-11H2/t13-/m0/s1. The van der Waals surface area contributed by atoms with E-state index in [1.165, 1.54) is 37.9 Å². The highest BCUT2D eigenvalue weighted by molar-refractivity contribution is 5.25. The monoisotopic (exact) mass is 202 g/mol. The first-order chi connectivity index (χ1) is 7.42. The van der Waals surface area contributed by atoms with Gasteiger partial charge in [-0.25, -0.2) is 0 Å². The highest BCUT2D eigenvalue weighted by Gasteiger charge is 2.43. The van der Waals surface area contributed by atoms with Crippen molar-refractivity contribution in [3.8, 4) is 0 Å². The molecular formula is C13H18N2. The van der Waals surface area contributed by atoms with E-state index in [9.17, 15) is 0 Å². The summed E-state index contributed by atoms with van der Waals surface area (Å²) in [5.74, 6) is 0. The van der Waals surface area contributed by atoms with E-state index in [1.54, 1.807) is 0 Å². The molecule has 0 spiro atoms. The average molecular weight is 202 g/mol. The fourth-order valence-electron chi connectivity index (χ4n) is 3.09. The van der Waals surface area contributed by atoms with Gasteiger partial charge in [0.15, 0.2) is 0 Å². The Morgan fingerprint density at radius 1 is 1.07 bits per heavy atom. The maximum Gasteiger partial charge on any atom is 0.0975 e. The van der Waals surface area contributed by atoms with Crippen LogP contribution in [-0.4, -0.2) is 24.5 Å². The molecule has 0 bridgehead atoms. The van der Waals surface area contributed by atoms with Crippen molar-refractivity contribution >= 4 is 0 Å². The fourth-order valence-corrected chi connectivity index (χ4v) is 3.09. The predicted octanol–water partition coefficient (Wildman–Crippen LogP) is 1.93. The molecule has 2 fully saturated rings. The molecule has 2 nitrogen and oxygen atoms in total. The van der Waals surface area contributed by atoms with Crippen LogP contribution >= 0.6 is 0 Å². The van der Waals surface area contributed by atoms with Gasteiger partial charge in [-0.1, -0.05) is 30.3 Å². The van der Waals surface area contributed by atoms with Crippen LogP contribution in [0.1, 0.15) is 24.8 Å². The third kappa shape index (κ3) is 1.40. The van der Waals surface area contributed by atoms with Crippen molar-refractivity contribution in [1.82, 2.24) is 10.2 Å². The van der Waals surface area contributed by atoms with Crippen molar-refractivity contribution in [3.05, 3.63) is 35.9 Å². The fraction of sp³-hybridized carbons (Fsp3) is 0.538. The summed E-state index contributed by atoms with van der Waals surface area (Å²) in [5, 5.41) is 3.74. The van der Waals surface area contributed by atoms with Crippen molar-refractivity contribution in [1.29, 1.82) is 0 Å². The maximum atomic E-state index is 3.74. The number of benzene rings is 1. The van der Waals surface area contributed by atoms with E-state index >= 15 is 0 Å². The van der Waals surface area contributed by atoms with Crippen LogP contribution in [0.4, 0.5) is 0 Å². The van der Waals surface area contributed by atoms with E-state index in [2.05, 4.69) is 40.5 Å². The Bertz CT molecular complexity index is 336. The SMILES string of the molecule is c1ccc([C@]23CCCN2CCCN3)cc1. The normalized spacial score (nSPS) is 31.5. The van der Waals surface area contributed by atoms with Crippen LogP contribution in [0.5, 0.6) is 0 Å². The molecule has 1 aromatic rings. The minimum atomic E-state index is 0.166. The second-order valence-corrected chi connectivity index (χ2v) is 4.60. The van der Waals surface area contributed by atoms with Gasteiger partial charge in [0.25, 0.3) is 0 Å². The molecule has 2 aliphatic heterocycles. The predicted molar refractivity (Wildman–Crippen MR) is 61.5 cm³/mol. The summed E-state index contributed by atoms with van der Waals surface area (Å²) in [6, 6.07) is 10.9. The maximum absolute atomic E-state index is 3.74. The summed E-state index contributed by atoms with van der Waals surface area (Å²) in [5.41, 5.74) is 1.61. The summed E-state index contributed by atoms with van der Waals surface area (Å²) in [6.45, 7) is 3.66. The van der Waals surface area contributed by atoms with Crippen LogP contribution in [0.15, 0.2) is 30.3 Å². The minimum Gasteiger partial charge on any atom is -0.295 e. The van der Waals surface area contributed by atoms with Crippen LogP contribution in [-0.2, 0) is 5.66 Å². The number of hydrogen-bond acceptors (Lipinski definition) is 2. The van der Waals surface area contributed by atoms with Crippen molar-refractivity contribution in [2.24, 2.45) is 0 Å². The molecule has 15 heavy (non-hydrogen) atoms. The summed E-state index contributed by atoms with van der Waals surface area (Å²) in [7, 11) is 0. The zero-order chi connectivity index (χ0) is 10.1. The topological polar surface area (TPSA) is 15.3 Å². The minimum absolute atomic E-state index is 0.166. The van der Waals surface area contributed by atoms with Crippen molar-refractivity contribution < 1.29 is 0 Å². The molecule has 3 rings (SSSR count). The van der Waals surface area contributed by atoms with Gasteiger partial charge in [-0.15, -0.1) is 0 Å². The molecule has 0 aliphatic carbocycles. The van der Waals surface area contributed by atoms with Crippen LogP contribution in [0.25, 0.3) is 0 Å². The van der Waals surface area contributed by atoms with Gasteiger partial charge in [0, 0.05) is 13.1 Å². The van der Waals surface area contributed by atoms with Gasteiger partial charge >= 0.3 is 0 Å². The Kier molecular flexibility index (Phi) is 2.26. The van der Waals surface area contributed by atoms with E-state index in [0.29, 0.717) is 0 Å². The zero-order valence-electron chi connectivity index (χ0n) is 9.08. The smallest absolute Gasteiger partial charge is 0.0975 e. The van der Waals surface area contributed by atoms with Crippen molar-refractivity contribution in [2.75, 3.05) is 19.6 Å². The molecular weight excluding hydrogens is 184 g/mol. The van der Waals surface area contributed by atoms with Crippen LogP contribution in [0.2, 0.25) is 0 Å². The first kappa shape index (κ1) is 9.37. The van der Waals surface area contributed by atoms with Gasteiger partial charge < -0.3 is 0 Å².